The summed E-state index contributed by atoms with van der Waals surface area (Å²) in [6, 6.07) is 13.1. The van der Waals surface area contributed by atoms with Crippen molar-refractivity contribution < 1.29 is 0 Å². The summed E-state index contributed by atoms with van der Waals surface area (Å²) in [6.45, 7) is 2.77. The highest BCUT2D eigenvalue weighted by atomic mass is 15.3. The Balaban J connectivity index is 1.80. The molecule has 2 aromatic rings. The molecular formula is C19H22N4. The number of rotatable bonds is 4. The molecule has 1 aliphatic heterocycles. The van der Waals surface area contributed by atoms with Crippen molar-refractivity contribution in [3.63, 3.8) is 0 Å². The third kappa shape index (κ3) is 2.36. The number of hydrogen-bond acceptors (Lipinski definition) is 3. The van der Waals surface area contributed by atoms with Crippen LogP contribution in [0.2, 0.25) is 0 Å². The maximum absolute atomic E-state index is 8.93. The summed E-state index contributed by atoms with van der Waals surface area (Å²) in [5.74, 6) is 0. The first-order chi connectivity index (χ1) is 11.2. The summed E-state index contributed by atoms with van der Waals surface area (Å²) >= 11 is 0. The van der Waals surface area contributed by atoms with Crippen molar-refractivity contribution in [3.8, 4) is 6.07 Å². The van der Waals surface area contributed by atoms with E-state index in [9.17, 15) is 0 Å². The third-order valence-corrected chi connectivity index (χ3v) is 5.29. The Bertz CT molecular complexity index is 750. The van der Waals surface area contributed by atoms with E-state index >= 15 is 0 Å². The average Bonchev–Trinajstić information content (AvgIpc) is 3.31. The maximum atomic E-state index is 8.93. The second kappa shape index (κ2) is 5.50. The molecule has 1 aliphatic carbocycles. The van der Waals surface area contributed by atoms with E-state index in [0.29, 0.717) is 13.0 Å². The number of hydrogen-bond donors (Lipinski definition) is 0. The van der Waals surface area contributed by atoms with Crippen LogP contribution in [0.1, 0.15) is 41.8 Å². The Morgan fingerprint density at radius 3 is 2.74 bits per heavy atom. The van der Waals surface area contributed by atoms with E-state index < -0.39 is 0 Å². The Morgan fingerprint density at radius 2 is 2.04 bits per heavy atom. The molecule has 118 valence electrons. The first-order valence-electron chi connectivity index (χ1n) is 8.45. The molecule has 4 nitrogen and oxygen atoms in total. The first kappa shape index (κ1) is 14.5. The molecule has 4 rings (SSSR count). The zero-order valence-electron chi connectivity index (χ0n) is 13.6. The van der Waals surface area contributed by atoms with Crippen LogP contribution in [0.15, 0.2) is 30.3 Å². The highest BCUT2D eigenvalue weighted by Gasteiger charge is 2.50. The van der Waals surface area contributed by atoms with E-state index in [0.717, 1.165) is 19.5 Å². The minimum absolute atomic E-state index is 0.113. The number of nitrogens with zero attached hydrogens (tertiary/aromatic N) is 4. The Kier molecular flexibility index (Phi) is 3.46. The van der Waals surface area contributed by atoms with Gasteiger partial charge in [-0.05, 0) is 25.5 Å². The van der Waals surface area contributed by atoms with Gasteiger partial charge in [-0.15, -0.1) is 0 Å². The fraction of sp³-hybridized carbons (Fsp3) is 0.474. The number of likely N-dealkylation sites (N-methyl/N-ethyl adjacent to an activating group) is 1. The summed E-state index contributed by atoms with van der Waals surface area (Å²) < 4.78 is 2.11. The molecule has 0 atom stereocenters. The summed E-state index contributed by atoms with van der Waals surface area (Å²) in [6.07, 6.45) is 3.93. The van der Waals surface area contributed by atoms with Crippen LogP contribution >= 0.6 is 0 Å². The average molecular weight is 306 g/mol. The number of nitriles is 1. The second-order valence-corrected chi connectivity index (χ2v) is 6.84. The van der Waals surface area contributed by atoms with Crippen molar-refractivity contribution in [2.24, 2.45) is 0 Å². The zero-order chi connectivity index (χ0) is 15.9. The molecule has 0 saturated heterocycles. The van der Waals surface area contributed by atoms with E-state index in [1.807, 2.05) is 0 Å². The van der Waals surface area contributed by atoms with Crippen LogP contribution in [-0.2, 0) is 24.9 Å². The highest BCUT2D eigenvalue weighted by molar-refractivity contribution is 5.47. The number of fused-ring (bicyclic) bond motifs is 1. The lowest BCUT2D eigenvalue weighted by molar-refractivity contribution is 0.306. The van der Waals surface area contributed by atoms with Gasteiger partial charge in [0.15, 0.2) is 0 Å². The summed E-state index contributed by atoms with van der Waals surface area (Å²) in [7, 11) is 2.18. The number of benzene rings is 1. The van der Waals surface area contributed by atoms with Gasteiger partial charge >= 0.3 is 0 Å². The van der Waals surface area contributed by atoms with Crippen molar-refractivity contribution in [1.29, 1.82) is 5.26 Å². The Hall–Kier alpha value is -2.12. The van der Waals surface area contributed by atoms with Crippen molar-refractivity contribution >= 4 is 0 Å². The normalized spacial score (nSPS) is 19.1. The fourth-order valence-electron chi connectivity index (χ4n) is 3.90. The molecule has 2 heterocycles. The van der Waals surface area contributed by atoms with Crippen molar-refractivity contribution in [3.05, 3.63) is 52.8 Å². The molecular weight excluding hydrogens is 284 g/mol. The monoisotopic (exact) mass is 306 g/mol. The lowest BCUT2D eigenvalue weighted by Crippen LogP contribution is -2.28. The van der Waals surface area contributed by atoms with Crippen molar-refractivity contribution in [2.45, 2.75) is 44.2 Å². The zero-order valence-corrected chi connectivity index (χ0v) is 13.6. The van der Waals surface area contributed by atoms with Crippen LogP contribution in [0.3, 0.4) is 0 Å². The van der Waals surface area contributed by atoms with Crippen LogP contribution in [0.4, 0.5) is 0 Å². The van der Waals surface area contributed by atoms with Gasteiger partial charge in [-0.2, -0.15) is 10.4 Å². The third-order valence-electron chi connectivity index (χ3n) is 5.29. The number of aryl methyl sites for hydroxylation is 1. The molecule has 1 fully saturated rings. The van der Waals surface area contributed by atoms with E-state index in [1.165, 1.54) is 35.4 Å². The van der Waals surface area contributed by atoms with Crippen molar-refractivity contribution in [1.82, 2.24) is 14.7 Å². The minimum Gasteiger partial charge on any atom is -0.302 e. The molecule has 0 N–H and O–H groups in total. The molecule has 0 amide bonds. The molecule has 4 heteroatoms. The van der Waals surface area contributed by atoms with Gasteiger partial charge in [-0.1, -0.05) is 30.3 Å². The minimum atomic E-state index is 0.113. The molecule has 0 unspecified atom stereocenters. The predicted octanol–water partition coefficient (Wildman–Crippen LogP) is 2.86. The standard InChI is InChI=1S/C19H22N4/c1-22-13-8-17-16(14-22)18(21-23(17)12-5-11-20)19(9-10-19)15-6-3-2-4-7-15/h2-4,6-7H,5,8-10,12-14H2,1H3. The van der Waals surface area contributed by atoms with Gasteiger partial charge in [0.1, 0.15) is 0 Å². The van der Waals surface area contributed by atoms with E-state index in [2.05, 4.69) is 53.0 Å². The maximum Gasteiger partial charge on any atom is 0.0778 e. The van der Waals surface area contributed by atoms with Crippen LogP contribution < -0.4 is 0 Å². The molecule has 1 aromatic carbocycles. The SMILES string of the molecule is CN1CCc2c(c(C3(c4ccccc4)CC3)nn2CCC#N)C1. The lowest BCUT2D eigenvalue weighted by atomic mass is 9.88. The van der Waals surface area contributed by atoms with Gasteiger partial charge in [0.05, 0.1) is 24.7 Å². The van der Waals surface area contributed by atoms with Gasteiger partial charge < -0.3 is 4.90 Å². The van der Waals surface area contributed by atoms with Gasteiger partial charge in [0.2, 0.25) is 0 Å². The molecule has 2 aliphatic rings. The molecule has 0 spiro atoms. The topological polar surface area (TPSA) is 44.9 Å². The molecule has 0 radical (unpaired) electrons. The Morgan fingerprint density at radius 1 is 1.26 bits per heavy atom. The molecule has 23 heavy (non-hydrogen) atoms. The predicted molar refractivity (Wildman–Crippen MR) is 89.0 cm³/mol. The number of aromatic nitrogens is 2. The highest BCUT2D eigenvalue weighted by Crippen LogP contribution is 2.54. The van der Waals surface area contributed by atoms with Crippen LogP contribution in [0, 0.1) is 11.3 Å². The van der Waals surface area contributed by atoms with Crippen LogP contribution in [0.5, 0.6) is 0 Å². The fourth-order valence-corrected chi connectivity index (χ4v) is 3.90. The first-order valence-corrected chi connectivity index (χ1v) is 8.45. The smallest absolute Gasteiger partial charge is 0.0778 e. The Labute approximate surface area is 137 Å². The summed E-state index contributed by atoms with van der Waals surface area (Å²) in [5, 5.41) is 13.9. The summed E-state index contributed by atoms with van der Waals surface area (Å²) in [4.78, 5) is 2.38. The largest absolute Gasteiger partial charge is 0.302 e. The van der Waals surface area contributed by atoms with Crippen LogP contribution in [0.25, 0.3) is 0 Å². The van der Waals surface area contributed by atoms with Crippen molar-refractivity contribution in [2.75, 3.05) is 13.6 Å². The molecule has 1 saturated carbocycles. The second-order valence-electron chi connectivity index (χ2n) is 6.84. The van der Waals surface area contributed by atoms with Gasteiger partial charge in [-0.25, -0.2) is 0 Å². The van der Waals surface area contributed by atoms with E-state index in [1.54, 1.807) is 0 Å². The van der Waals surface area contributed by atoms with Gasteiger partial charge in [0, 0.05) is 36.2 Å². The molecule has 0 bridgehead atoms. The summed E-state index contributed by atoms with van der Waals surface area (Å²) in [5.41, 5.74) is 5.54. The van der Waals surface area contributed by atoms with E-state index in [-0.39, 0.29) is 5.41 Å². The van der Waals surface area contributed by atoms with E-state index in [4.69, 9.17) is 10.4 Å². The van der Waals surface area contributed by atoms with Gasteiger partial charge in [0.25, 0.3) is 0 Å². The molecule has 1 aromatic heterocycles. The van der Waals surface area contributed by atoms with Crippen LogP contribution in [-0.4, -0.2) is 28.3 Å². The quantitative estimate of drug-likeness (QED) is 0.872. The lowest BCUT2D eigenvalue weighted by Gasteiger charge is -2.25. The van der Waals surface area contributed by atoms with Gasteiger partial charge in [-0.3, -0.25) is 4.68 Å².